The highest BCUT2D eigenvalue weighted by Crippen LogP contribution is 2.24. The summed E-state index contributed by atoms with van der Waals surface area (Å²) in [6, 6.07) is 6.38. The van der Waals surface area contributed by atoms with Crippen LogP contribution < -0.4 is 10.6 Å². The first-order valence-electron chi connectivity index (χ1n) is 6.71. The predicted molar refractivity (Wildman–Crippen MR) is 83.7 cm³/mol. The summed E-state index contributed by atoms with van der Waals surface area (Å²) in [4.78, 5) is 23.0. The van der Waals surface area contributed by atoms with Crippen molar-refractivity contribution in [3.05, 3.63) is 29.3 Å². The third-order valence-corrected chi connectivity index (χ3v) is 3.17. The molecule has 0 spiro atoms. The van der Waals surface area contributed by atoms with Crippen LogP contribution in [0.4, 0.5) is 10.5 Å². The number of hydrogen-bond acceptors (Lipinski definition) is 2. The average molecular weight is 313 g/mol. The normalized spacial score (nSPS) is 12.6. The highest BCUT2D eigenvalue weighted by atomic mass is 35.5. The molecule has 1 unspecified atom stereocenters. The van der Waals surface area contributed by atoms with E-state index in [-0.39, 0.29) is 12.0 Å². The van der Waals surface area contributed by atoms with E-state index in [9.17, 15) is 14.7 Å². The Morgan fingerprint density at radius 1 is 1.29 bits per heavy atom. The topological polar surface area (TPSA) is 78.4 Å². The minimum atomic E-state index is -0.914. The molecule has 116 valence electrons. The van der Waals surface area contributed by atoms with Crippen LogP contribution in [0.5, 0.6) is 0 Å². The van der Waals surface area contributed by atoms with E-state index in [0.29, 0.717) is 17.1 Å². The second kappa shape index (κ2) is 7.31. The first kappa shape index (κ1) is 17.3. The summed E-state index contributed by atoms with van der Waals surface area (Å²) in [7, 11) is 0. The first-order chi connectivity index (χ1) is 9.69. The van der Waals surface area contributed by atoms with Gasteiger partial charge in [-0.05, 0) is 24.0 Å². The van der Waals surface area contributed by atoms with Gasteiger partial charge < -0.3 is 15.7 Å². The zero-order chi connectivity index (χ0) is 16.0. The zero-order valence-corrected chi connectivity index (χ0v) is 13.2. The molecular formula is C15H21ClN2O3. The Labute approximate surface area is 129 Å². The number of carboxylic acids is 1. The smallest absolute Gasteiger partial charge is 0.319 e. The van der Waals surface area contributed by atoms with Crippen molar-refractivity contribution in [3.8, 4) is 0 Å². The fourth-order valence-corrected chi connectivity index (χ4v) is 2.11. The fourth-order valence-electron chi connectivity index (χ4n) is 1.93. The van der Waals surface area contributed by atoms with Crippen molar-refractivity contribution in [3.63, 3.8) is 0 Å². The maximum Gasteiger partial charge on any atom is 0.319 e. The van der Waals surface area contributed by atoms with Crippen LogP contribution in [0, 0.1) is 11.3 Å². The Hall–Kier alpha value is -1.75. The Bertz CT molecular complexity index is 512. The van der Waals surface area contributed by atoms with Crippen molar-refractivity contribution in [1.29, 1.82) is 0 Å². The molecule has 1 aromatic rings. The second-order valence-electron chi connectivity index (χ2n) is 6.11. The highest BCUT2D eigenvalue weighted by Gasteiger charge is 2.25. The lowest BCUT2D eigenvalue weighted by atomic mass is 9.84. The molecule has 0 bridgehead atoms. The number of benzene rings is 1. The van der Waals surface area contributed by atoms with Gasteiger partial charge in [-0.1, -0.05) is 44.5 Å². The van der Waals surface area contributed by atoms with Gasteiger partial charge in [0.2, 0.25) is 0 Å². The Kier molecular flexibility index (Phi) is 6.03. The second-order valence-corrected chi connectivity index (χ2v) is 6.52. The molecule has 0 saturated carbocycles. The van der Waals surface area contributed by atoms with Gasteiger partial charge in [-0.25, -0.2) is 4.79 Å². The number of amides is 2. The number of para-hydroxylation sites is 1. The van der Waals surface area contributed by atoms with Crippen LogP contribution in [0.15, 0.2) is 24.3 Å². The molecular weight excluding hydrogens is 292 g/mol. The van der Waals surface area contributed by atoms with E-state index in [4.69, 9.17) is 11.6 Å². The number of anilines is 1. The van der Waals surface area contributed by atoms with Gasteiger partial charge in [0.1, 0.15) is 0 Å². The summed E-state index contributed by atoms with van der Waals surface area (Å²) in [6.07, 6.45) is 0.481. The van der Waals surface area contributed by atoms with E-state index in [1.807, 2.05) is 20.8 Å². The third-order valence-electron chi connectivity index (χ3n) is 2.84. The standard InChI is InChI=1S/C15H21ClN2O3/c1-15(2,3)8-10(13(19)20)9-17-14(21)18-12-7-5-4-6-11(12)16/h4-7,10H,8-9H2,1-3H3,(H,19,20)(H2,17,18,21). The summed E-state index contributed by atoms with van der Waals surface area (Å²) in [5.41, 5.74) is 0.364. The van der Waals surface area contributed by atoms with E-state index in [1.165, 1.54) is 0 Å². The fraction of sp³-hybridized carbons (Fsp3) is 0.467. The van der Waals surface area contributed by atoms with Crippen LogP contribution >= 0.6 is 11.6 Å². The van der Waals surface area contributed by atoms with Crippen molar-refractivity contribution in [1.82, 2.24) is 5.32 Å². The largest absolute Gasteiger partial charge is 0.481 e. The van der Waals surface area contributed by atoms with Gasteiger partial charge in [0.15, 0.2) is 0 Å². The quantitative estimate of drug-likeness (QED) is 0.777. The molecule has 0 saturated heterocycles. The number of carboxylic acid groups (broad SMARTS) is 1. The van der Waals surface area contributed by atoms with Crippen LogP contribution in [-0.4, -0.2) is 23.7 Å². The molecule has 21 heavy (non-hydrogen) atoms. The Morgan fingerprint density at radius 3 is 2.43 bits per heavy atom. The van der Waals surface area contributed by atoms with Crippen molar-refractivity contribution in [2.24, 2.45) is 11.3 Å². The summed E-state index contributed by atoms with van der Waals surface area (Å²) < 4.78 is 0. The van der Waals surface area contributed by atoms with Gasteiger partial charge in [-0.15, -0.1) is 0 Å². The van der Waals surface area contributed by atoms with E-state index in [0.717, 1.165) is 0 Å². The zero-order valence-electron chi connectivity index (χ0n) is 12.4. The predicted octanol–water partition coefficient (Wildman–Crippen LogP) is 3.60. The molecule has 3 N–H and O–H groups in total. The summed E-state index contributed by atoms with van der Waals surface area (Å²) in [5.74, 6) is -1.54. The summed E-state index contributed by atoms with van der Waals surface area (Å²) in [5, 5.41) is 14.8. The van der Waals surface area contributed by atoms with Gasteiger partial charge >= 0.3 is 12.0 Å². The molecule has 0 fully saturated rings. The minimum absolute atomic E-state index is 0.0723. The van der Waals surface area contributed by atoms with E-state index in [2.05, 4.69) is 10.6 Å². The lowest BCUT2D eigenvalue weighted by molar-refractivity contribution is -0.142. The first-order valence-corrected chi connectivity index (χ1v) is 7.09. The highest BCUT2D eigenvalue weighted by molar-refractivity contribution is 6.33. The molecule has 0 aliphatic rings. The number of hydrogen-bond donors (Lipinski definition) is 3. The maximum absolute atomic E-state index is 11.8. The van der Waals surface area contributed by atoms with Crippen molar-refractivity contribution in [2.45, 2.75) is 27.2 Å². The van der Waals surface area contributed by atoms with Crippen LogP contribution in [0.25, 0.3) is 0 Å². The van der Waals surface area contributed by atoms with Crippen molar-refractivity contribution < 1.29 is 14.7 Å². The number of halogens is 1. The van der Waals surface area contributed by atoms with E-state index < -0.39 is 17.9 Å². The van der Waals surface area contributed by atoms with E-state index in [1.54, 1.807) is 24.3 Å². The Morgan fingerprint density at radius 2 is 1.90 bits per heavy atom. The molecule has 2 amide bonds. The molecule has 1 aromatic carbocycles. The van der Waals surface area contributed by atoms with Gasteiger partial charge in [-0.3, -0.25) is 4.79 Å². The molecule has 5 nitrogen and oxygen atoms in total. The molecule has 0 aromatic heterocycles. The Balaban J connectivity index is 2.54. The third kappa shape index (κ3) is 6.49. The number of urea groups is 1. The maximum atomic E-state index is 11.8. The molecule has 0 aliphatic carbocycles. The number of nitrogens with one attached hydrogen (secondary N) is 2. The number of carbonyl (C=O) groups excluding carboxylic acids is 1. The average Bonchev–Trinajstić information content (AvgIpc) is 2.35. The monoisotopic (exact) mass is 312 g/mol. The summed E-state index contributed by atoms with van der Waals surface area (Å²) >= 11 is 5.93. The lowest BCUT2D eigenvalue weighted by Crippen LogP contribution is -2.37. The molecule has 1 atom stereocenters. The molecule has 0 heterocycles. The SMILES string of the molecule is CC(C)(C)CC(CNC(=O)Nc1ccccc1Cl)C(=O)O. The van der Waals surface area contributed by atoms with Gasteiger partial charge in [0, 0.05) is 6.54 Å². The van der Waals surface area contributed by atoms with Gasteiger partial charge in [0.05, 0.1) is 16.6 Å². The van der Waals surface area contributed by atoms with Crippen LogP contribution in [0.2, 0.25) is 5.02 Å². The van der Waals surface area contributed by atoms with Crippen LogP contribution in [0.3, 0.4) is 0 Å². The van der Waals surface area contributed by atoms with Crippen LogP contribution in [0.1, 0.15) is 27.2 Å². The van der Waals surface area contributed by atoms with Crippen molar-refractivity contribution >= 4 is 29.3 Å². The summed E-state index contributed by atoms with van der Waals surface area (Å²) in [6.45, 7) is 5.97. The lowest BCUT2D eigenvalue weighted by Gasteiger charge is -2.23. The van der Waals surface area contributed by atoms with Crippen molar-refractivity contribution in [2.75, 3.05) is 11.9 Å². The van der Waals surface area contributed by atoms with Crippen LogP contribution in [-0.2, 0) is 4.79 Å². The molecule has 0 radical (unpaired) electrons. The molecule has 1 rings (SSSR count). The number of carbonyl (C=O) groups is 2. The van der Waals surface area contributed by atoms with Gasteiger partial charge in [0.25, 0.3) is 0 Å². The van der Waals surface area contributed by atoms with Gasteiger partial charge in [-0.2, -0.15) is 0 Å². The minimum Gasteiger partial charge on any atom is -0.481 e. The molecule has 0 aliphatic heterocycles. The number of rotatable bonds is 5. The van der Waals surface area contributed by atoms with E-state index >= 15 is 0 Å². The number of aliphatic carboxylic acids is 1. The molecule has 6 heteroatoms.